The molecular formula is C24H33N3O5. The number of aliphatic hydroxyl groups is 2. The van der Waals surface area contributed by atoms with Crippen molar-refractivity contribution in [2.75, 3.05) is 13.1 Å². The van der Waals surface area contributed by atoms with Crippen molar-refractivity contribution in [2.45, 2.75) is 64.2 Å². The predicted octanol–water partition coefficient (Wildman–Crippen LogP) is 2.48. The number of rotatable bonds is 6. The SMILES string of the molecule is CC(C)(C)OC(=O)N1C[C@H](O)C[C@@H](NCc2ccc(OCc3ccccn3)cc2)[C@H](O)C1. The lowest BCUT2D eigenvalue weighted by Crippen LogP contribution is -2.46. The number of hydrogen-bond acceptors (Lipinski definition) is 7. The van der Waals surface area contributed by atoms with Crippen molar-refractivity contribution in [3.63, 3.8) is 0 Å². The van der Waals surface area contributed by atoms with Crippen LogP contribution in [-0.2, 0) is 17.9 Å². The molecule has 0 bridgehead atoms. The summed E-state index contributed by atoms with van der Waals surface area (Å²) in [6, 6.07) is 13.0. The molecule has 8 nitrogen and oxygen atoms in total. The molecule has 0 unspecified atom stereocenters. The summed E-state index contributed by atoms with van der Waals surface area (Å²) >= 11 is 0. The quantitative estimate of drug-likeness (QED) is 0.630. The number of hydrogen-bond donors (Lipinski definition) is 3. The Balaban J connectivity index is 1.50. The number of β-amino-alcohol motifs (C(OH)–C–C–N with tert-alkyl or cyclic N) is 2. The molecule has 1 aromatic heterocycles. The van der Waals surface area contributed by atoms with Crippen LogP contribution in [-0.4, -0.2) is 63.1 Å². The molecular weight excluding hydrogens is 410 g/mol. The molecule has 1 fully saturated rings. The smallest absolute Gasteiger partial charge is 0.410 e. The van der Waals surface area contributed by atoms with Gasteiger partial charge in [0, 0.05) is 18.8 Å². The van der Waals surface area contributed by atoms with E-state index >= 15 is 0 Å². The van der Waals surface area contributed by atoms with Crippen molar-refractivity contribution in [2.24, 2.45) is 0 Å². The number of amides is 1. The summed E-state index contributed by atoms with van der Waals surface area (Å²) < 4.78 is 11.1. The third kappa shape index (κ3) is 7.47. The minimum Gasteiger partial charge on any atom is -0.487 e. The van der Waals surface area contributed by atoms with E-state index < -0.39 is 23.9 Å². The minimum atomic E-state index is -0.819. The van der Waals surface area contributed by atoms with Gasteiger partial charge in [-0.25, -0.2) is 4.79 Å². The molecule has 2 heterocycles. The maximum absolute atomic E-state index is 12.4. The zero-order chi connectivity index (χ0) is 23.1. The summed E-state index contributed by atoms with van der Waals surface area (Å²) in [6.07, 6.45) is -0.0251. The van der Waals surface area contributed by atoms with Gasteiger partial charge in [0.25, 0.3) is 0 Å². The number of nitrogens with zero attached hydrogens (tertiary/aromatic N) is 2. The molecule has 1 amide bonds. The highest BCUT2D eigenvalue weighted by molar-refractivity contribution is 5.68. The van der Waals surface area contributed by atoms with Crippen LogP contribution < -0.4 is 10.1 Å². The number of ether oxygens (including phenoxy) is 2. The van der Waals surface area contributed by atoms with E-state index in [0.717, 1.165) is 17.0 Å². The van der Waals surface area contributed by atoms with Crippen LogP contribution in [0.1, 0.15) is 38.4 Å². The van der Waals surface area contributed by atoms with Gasteiger partial charge < -0.3 is 29.9 Å². The van der Waals surface area contributed by atoms with E-state index in [4.69, 9.17) is 9.47 Å². The lowest BCUT2D eigenvalue weighted by Gasteiger charge is -2.28. The summed E-state index contributed by atoms with van der Waals surface area (Å²) in [5.41, 5.74) is 1.24. The van der Waals surface area contributed by atoms with Crippen LogP contribution >= 0.6 is 0 Å². The Labute approximate surface area is 189 Å². The summed E-state index contributed by atoms with van der Waals surface area (Å²) in [6.45, 7) is 6.51. The second-order valence-corrected chi connectivity index (χ2v) is 9.08. The molecule has 1 saturated heterocycles. The van der Waals surface area contributed by atoms with E-state index in [2.05, 4.69) is 10.3 Å². The van der Waals surface area contributed by atoms with E-state index in [0.29, 0.717) is 19.6 Å². The zero-order valence-electron chi connectivity index (χ0n) is 18.9. The van der Waals surface area contributed by atoms with E-state index in [1.165, 1.54) is 4.90 Å². The molecule has 1 aliphatic rings. The number of aromatic nitrogens is 1. The predicted molar refractivity (Wildman–Crippen MR) is 120 cm³/mol. The van der Waals surface area contributed by atoms with Crippen LogP contribution in [0.2, 0.25) is 0 Å². The number of nitrogens with one attached hydrogen (secondary N) is 1. The van der Waals surface area contributed by atoms with Crippen molar-refractivity contribution in [3.8, 4) is 5.75 Å². The van der Waals surface area contributed by atoms with Gasteiger partial charge in [-0.15, -0.1) is 0 Å². The Hall–Kier alpha value is -2.68. The second-order valence-electron chi connectivity index (χ2n) is 9.08. The molecule has 3 rings (SSSR count). The molecule has 0 saturated carbocycles. The standard InChI is InChI=1S/C24H33N3O5/c1-24(2,3)32-23(30)27-14-19(28)12-21(22(29)15-27)26-13-17-7-9-20(10-8-17)31-16-18-6-4-5-11-25-18/h4-11,19,21-22,26,28-29H,12-16H2,1-3H3/t19-,21-,22-/m1/s1. The molecule has 3 N–H and O–H groups in total. The molecule has 1 aromatic carbocycles. The molecule has 1 aliphatic heterocycles. The number of carbonyl (C=O) groups excluding carboxylic acids is 1. The van der Waals surface area contributed by atoms with E-state index in [1.807, 2.05) is 42.5 Å². The Kier molecular flexibility index (Phi) is 8.06. The van der Waals surface area contributed by atoms with E-state index in [1.54, 1.807) is 27.0 Å². The van der Waals surface area contributed by atoms with Crippen molar-refractivity contribution < 1.29 is 24.5 Å². The fourth-order valence-electron chi connectivity index (χ4n) is 3.49. The first-order valence-corrected chi connectivity index (χ1v) is 10.9. The van der Waals surface area contributed by atoms with Crippen molar-refractivity contribution in [3.05, 3.63) is 59.9 Å². The lowest BCUT2D eigenvalue weighted by molar-refractivity contribution is 0.0104. The van der Waals surface area contributed by atoms with Crippen molar-refractivity contribution >= 4 is 6.09 Å². The third-order valence-electron chi connectivity index (χ3n) is 5.09. The number of likely N-dealkylation sites (tertiary alicyclic amines) is 1. The topological polar surface area (TPSA) is 104 Å². The molecule has 3 atom stereocenters. The highest BCUT2D eigenvalue weighted by atomic mass is 16.6. The average Bonchev–Trinajstić information content (AvgIpc) is 2.89. The Morgan fingerprint density at radius 1 is 1.16 bits per heavy atom. The number of benzene rings is 1. The number of pyridine rings is 1. The third-order valence-corrected chi connectivity index (χ3v) is 5.09. The van der Waals surface area contributed by atoms with E-state index in [-0.39, 0.29) is 19.1 Å². The first kappa shape index (κ1) is 24.0. The molecule has 2 aromatic rings. The van der Waals surface area contributed by atoms with Crippen LogP contribution in [0, 0.1) is 0 Å². The van der Waals surface area contributed by atoms with Crippen LogP contribution in [0.15, 0.2) is 48.7 Å². The summed E-state index contributed by atoms with van der Waals surface area (Å²) in [5.74, 6) is 0.748. The Morgan fingerprint density at radius 3 is 2.56 bits per heavy atom. The van der Waals surface area contributed by atoms with Crippen LogP contribution in [0.3, 0.4) is 0 Å². The van der Waals surface area contributed by atoms with Gasteiger partial charge in [-0.2, -0.15) is 0 Å². The summed E-state index contributed by atoms with van der Waals surface area (Å²) in [7, 11) is 0. The van der Waals surface area contributed by atoms with Gasteiger partial charge in [0.05, 0.1) is 31.0 Å². The van der Waals surface area contributed by atoms with Gasteiger partial charge in [0.1, 0.15) is 18.0 Å². The fourth-order valence-corrected chi connectivity index (χ4v) is 3.49. The maximum atomic E-state index is 12.4. The summed E-state index contributed by atoms with van der Waals surface area (Å²) in [5, 5.41) is 24.3. The highest BCUT2D eigenvalue weighted by Crippen LogP contribution is 2.18. The Bertz CT molecular complexity index is 854. The molecule has 32 heavy (non-hydrogen) atoms. The van der Waals surface area contributed by atoms with Gasteiger partial charge >= 0.3 is 6.09 Å². The van der Waals surface area contributed by atoms with Gasteiger partial charge in [0.2, 0.25) is 0 Å². The number of carbonyl (C=O) groups is 1. The van der Waals surface area contributed by atoms with Crippen LogP contribution in [0.25, 0.3) is 0 Å². The molecule has 0 spiro atoms. The number of aliphatic hydroxyl groups excluding tert-OH is 2. The minimum absolute atomic E-state index is 0.101. The normalized spacial score (nSPS) is 21.7. The van der Waals surface area contributed by atoms with Crippen LogP contribution in [0.5, 0.6) is 5.75 Å². The molecule has 0 aliphatic carbocycles. The van der Waals surface area contributed by atoms with Crippen LogP contribution in [0.4, 0.5) is 4.79 Å². The van der Waals surface area contributed by atoms with Gasteiger partial charge in [-0.05, 0) is 57.0 Å². The molecule has 8 heteroatoms. The van der Waals surface area contributed by atoms with Crippen molar-refractivity contribution in [1.29, 1.82) is 0 Å². The zero-order valence-corrected chi connectivity index (χ0v) is 18.9. The Morgan fingerprint density at radius 2 is 1.91 bits per heavy atom. The molecule has 174 valence electrons. The molecule has 0 radical (unpaired) electrons. The first-order valence-electron chi connectivity index (χ1n) is 10.9. The lowest BCUT2D eigenvalue weighted by atomic mass is 10.0. The fraction of sp³-hybridized carbons (Fsp3) is 0.500. The first-order chi connectivity index (χ1) is 15.2. The average molecular weight is 444 g/mol. The van der Waals surface area contributed by atoms with Crippen molar-refractivity contribution in [1.82, 2.24) is 15.2 Å². The highest BCUT2D eigenvalue weighted by Gasteiger charge is 2.33. The van der Waals surface area contributed by atoms with Gasteiger partial charge in [-0.1, -0.05) is 18.2 Å². The van der Waals surface area contributed by atoms with Gasteiger partial charge in [0.15, 0.2) is 0 Å². The van der Waals surface area contributed by atoms with E-state index in [9.17, 15) is 15.0 Å². The second kappa shape index (κ2) is 10.8. The van der Waals surface area contributed by atoms with Gasteiger partial charge in [-0.3, -0.25) is 4.98 Å². The maximum Gasteiger partial charge on any atom is 0.410 e. The largest absolute Gasteiger partial charge is 0.487 e. The monoisotopic (exact) mass is 443 g/mol. The summed E-state index contributed by atoms with van der Waals surface area (Å²) in [4.78, 5) is 18.0.